The Labute approximate surface area is 93.6 Å². The molecule has 0 aliphatic heterocycles. The molecule has 0 aromatic carbocycles. The van der Waals surface area contributed by atoms with Crippen molar-refractivity contribution >= 4 is 17.0 Å². The van der Waals surface area contributed by atoms with Gasteiger partial charge in [-0.25, -0.2) is 0 Å². The largest absolute Gasteiger partial charge is 0.493 e. The molecule has 0 saturated heterocycles. The molecule has 16 heavy (non-hydrogen) atoms. The molecule has 2 N–H and O–H groups in total. The first-order chi connectivity index (χ1) is 7.75. The van der Waals surface area contributed by atoms with E-state index in [-0.39, 0.29) is 11.4 Å². The van der Waals surface area contributed by atoms with E-state index in [1.54, 1.807) is 17.5 Å². The number of hydrogen-bond donors (Lipinski definition) is 2. The normalized spacial score (nSPS) is 11.0. The molecule has 80 valence electrons. The van der Waals surface area contributed by atoms with Crippen LogP contribution >= 0.6 is 11.3 Å². The van der Waals surface area contributed by atoms with Gasteiger partial charge < -0.3 is 10.1 Å². The van der Waals surface area contributed by atoms with Crippen LogP contribution < -0.4 is 5.56 Å². The highest BCUT2D eigenvalue weighted by Crippen LogP contribution is 2.28. The van der Waals surface area contributed by atoms with E-state index in [0.717, 1.165) is 16.5 Å². The van der Waals surface area contributed by atoms with Gasteiger partial charge in [-0.05, 0) is 11.4 Å². The summed E-state index contributed by atoms with van der Waals surface area (Å²) in [5.41, 5.74) is 0.971. The topological polar surface area (TPSA) is 70.4 Å². The van der Waals surface area contributed by atoms with Crippen LogP contribution in [0.25, 0.3) is 16.1 Å². The number of nitrogens with zero attached hydrogens (tertiary/aromatic N) is 2. The third kappa shape index (κ3) is 1.24. The summed E-state index contributed by atoms with van der Waals surface area (Å²) in [4.78, 5) is 14.9. The molecule has 0 bridgehead atoms. The Morgan fingerprint density at radius 1 is 1.50 bits per heavy atom. The number of H-pyrrole nitrogens is 1. The van der Waals surface area contributed by atoms with Crippen LogP contribution in [0.2, 0.25) is 0 Å². The van der Waals surface area contributed by atoms with E-state index in [2.05, 4.69) is 10.1 Å². The molecule has 0 saturated carbocycles. The van der Waals surface area contributed by atoms with Crippen LogP contribution in [0.1, 0.15) is 0 Å². The third-order valence-corrected chi connectivity index (χ3v) is 3.18. The maximum atomic E-state index is 11.3. The van der Waals surface area contributed by atoms with Gasteiger partial charge in [0, 0.05) is 4.88 Å². The smallest absolute Gasteiger partial charge is 0.254 e. The minimum atomic E-state index is -0.344. The molecule has 3 aromatic rings. The second-order valence-electron chi connectivity index (χ2n) is 3.29. The second-order valence-corrected chi connectivity index (χ2v) is 4.24. The van der Waals surface area contributed by atoms with Gasteiger partial charge in [-0.2, -0.15) is 9.61 Å². The maximum Gasteiger partial charge on any atom is 0.254 e. The first-order valence-corrected chi connectivity index (χ1v) is 5.47. The number of aromatic hydroxyl groups is 1. The van der Waals surface area contributed by atoms with Crippen molar-refractivity contribution < 1.29 is 5.11 Å². The molecule has 0 amide bonds. The number of thiophene rings is 1. The lowest BCUT2D eigenvalue weighted by Crippen LogP contribution is -2.07. The molecule has 3 rings (SSSR count). The van der Waals surface area contributed by atoms with Gasteiger partial charge in [-0.3, -0.25) is 4.79 Å². The SMILES string of the molecule is O=c1cc(O)n2ncc(-c3cccs3)c2[nH]1. The van der Waals surface area contributed by atoms with E-state index in [9.17, 15) is 9.90 Å². The van der Waals surface area contributed by atoms with Crippen LogP contribution in [0.4, 0.5) is 0 Å². The van der Waals surface area contributed by atoms with Crippen molar-refractivity contribution in [3.8, 4) is 16.3 Å². The van der Waals surface area contributed by atoms with Gasteiger partial charge in [0.1, 0.15) is 5.65 Å². The minimum absolute atomic E-state index is 0.165. The number of aromatic amines is 1. The number of nitrogens with one attached hydrogen (secondary N) is 1. The summed E-state index contributed by atoms with van der Waals surface area (Å²) < 4.78 is 1.30. The fourth-order valence-corrected chi connectivity index (χ4v) is 2.32. The predicted molar refractivity (Wildman–Crippen MR) is 60.8 cm³/mol. The zero-order valence-corrected chi connectivity index (χ0v) is 8.86. The lowest BCUT2D eigenvalue weighted by Gasteiger charge is -1.97. The Bertz CT molecular complexity index is 696. The summed E-state index contributed by atoms with van der Waals surface area (Å²) in [6.45, 7) is 0. The molecule has 0 atom stereocenters. The zero-order chi connectivity index (χ0) is 11.1. The average Bonchev–Trinajstić information content (AvgIpc) is 2.83. The Morgan fingerprint density at radius 2 is 2.38 bits per heavy atom. The van der Waals surface area contributed by atoms with E-state index in [4.69, 9.17) is 0 Å². The molecule has 0 aliphatic rings. The molecular weight excluding hydrogens is 226 g/mol. The average molecular weight is 233 g/mol. The zero-order valence-electron chi connectivity index (χ0n) is 8.04. The first-order valence-electron chi connectivity index (χ1n) is 4.59. The number of aromatic nitrogens is 3. The summed E-state index contributed by atoms with van der Waals surface area (Å²) in [7, 11) is 0. The van der Waals surface area contributed by atoms with Crippen LogP contribution in [-0.4, -0.2) is 19.7 Å². The Kier molecular flexibility index (Phi) is 1.84. The maximum absolute atomic E-state index is 11.3. The van der Waals surface area contributed by atoms with Gasteiger partial charge in [0.05, 0.1) is 17.8 Å². The fourth-order valence-electron chi connectivity index (χ4n) is 1.59. The highest BCUT2D eigenvalue weighted by atomic mass is 32.1. The lowest BCUT2D eigenvalue weighted by molar-refractivity contribution is 0.434. The van der Waals surface area contributed by atoms with Crippen LogP contribution in [0, 0.1) is 0 Å². The van der Waals surface area contributed by atoms with E-state index >= 15 is 0 Å². The van der Waals surface area contributed by atoms with E-state index in [0.29, 0.717) is 5.65 Å². The van der Waals surface area contributed by atoms with Crippen molar-refractivity contribution in [3.63, 3.8) is 0 Å². The minimum Gasteiger partial charge on any atom is -0.493 e. The number of hydrogen-bond acceptors (Lipinski definition) is 4. The molecule has 3 aromatic heterocycles. The number of fused-ring (bicyclic) bond motifs is 1. The quantitative estimate of drug-likeness (QED) is 0.668. The van der Waals surface area contributed by atoms with E-state index in [1.807, 2.05) is 17.5 Å². The first kappa shape index (κ1) is 9.17. The van der Waals surface area contributed by atoms with Crippen LogP contribution in [0.5, 0.6) is 5.88 Å². The molecule has 3 heterocycles. The van der Waals surface area contributed by atoms with Gasteiger partial charge in [0.2, 0.25) is 5.88 Å². The van der Waals surface area contributed by atoms with Crippen molar-refractivity contribution in [1.82, 2.24) is 14.6 Å². The van der Waals surface area contributed by atoms with Crippen molar-refractivity contribution in [2.45, 2.75) is 0 Å². The lowest BCUT2D eigenvalue weighted by atomic mass is 10.3. The van der Waals surface area contributed by atoms with Gasteiger partial charge >= 0.3 is 0 Å². The number of rotatable bonds is 1. The Morgan fingerprint density at radius 3 is 3.12 bits per heavy atom. The van der Waals surface area contributed by atoms with Gasteiger partial charge in [0.25, 0.3) is 5.56 Å². The van der Waals surface area contributed by atoms with E-state index in [1.165, 1.54) is 4.52 Å². The predicted octanol–water partition coefficient (Wildman–Crippen LogP) is 1.46. The third-order valence-electron chi connectivity index (χ3n) is 2.27. The standard InChI is InChI=1S/C10H7N3O2S/c14-8-4-9(15)13-10(12-8)6(5-11-13)7-2-1-3-16-7/h1-5,15H,(H,12,14). The fraction of sp³-hybridized carbons (Fsp3) is 0. The van der Waals surface area contributed by atoms with Crippen molar-refractivity contribution in [1.29, 1.82) is 0 Å². The summed E-state index contributed by atoms with van der Waals surface area (Å²) in [6, 6.07) is 4.95. The van der Waals surface area contributed by atoms with Gasteiger partial charge in [0.15, 0.2) is 0 Å². The molecule has 6 heteroatoms. The van der Waals surface area contributed by atoms with Crippen molar-refractivity contribution in [3.05, 3.63) is 40.1 Å². The van der Waals surface area contributed by atoms with Crippen LogP contribution in [0.3, 0.4) is 0 Å². The molecule has 0 aliphatic carbocycles. The molecule has 5 nitrogen and oxygen atoms in total. The van der Waals surface area contributed by atoms with Crippen molar-refractivity contribution in [2.24, 2.45) is 0 Å². The van der Waals surface area contributed by atoms with E-state index < -0.39 is 0 Å². The second kappa shape index (κ2) is 3.21. The summed E-state index contributed by atoms with van der Waals surface area (Å²) >= 11 is 1.55. The monoisotopic (exact) mass is 233 g/mol. The molecule has 0 unspecified atom stereocenters. The Hall–Kier alpha value is -2.08. The highest BCUT2D eigenvalue weighted by molar-refractivity contribution is 7.13. The Balaban J connectivity index is 2.40. The van der Waals surface area contributed by atoms with Crippen LogP contribution in [-0.2, 0) is 0 Å². The molecule has 0 radical (unpaired) electrons. The van der Waals surface area contributed by atoms with Gasteiger partial charge in [-0.15, -0.1) is 11.3 Å². The summed E-state index contributed by atoms with van der Waals surface area (Å²) in [5.74, 6) is -0.165. The summed E-state index contributed by atoms with van der Waals surface area (Å²) in [6.07, 6.45) is 1.62. The van der Waals surface area contributed by atoms with Crippen molar-refractivity contribution in [2.75, 3.05) is 0 Å². The molecule has 0 spiro atoms. The summed E-state index contributed by atoms with van der Waals surface area (Å²) in [5, 5.41) is 15.5. The van der Waals surface area contributed by atoms with Gasteiger partial charge in [-0.1, -0.05) is 6.07 Å². The van der Waals surface area contributed by atoms with Crippen LogP contribution in [0.15, 0.2) is 34.6 Å². The molecular formula is C10H7N3O2S. The molecule has 0 fully saturated rings. The highest BCUT2D eigenvalue weighted by Gasteiger charge is 2.10.